The van der Waals surface area contributed by atoms with E-state index in [1.54, 1.807) is 16.7 Å². The number of sulfonamides is 1. The van der Waals surface area contributed by atoms with E-state index in [1.165, 1.54) is 19.4 Å². The fraction of sp³-hybridized carbons (Fsp3) is 0.353. The number of aliphatic hydroxyl groups is 1. The van der Waals surface area contributed by atoms with Crippen LogP contribution in [0.15, 0.2) is 52.3 Å². The largest absolute Gasteiger partial charge is 0.458 e. The van der Waals surface area contributed by atoms with Gasteiger partial charge in [0.1, 0.15) is 16.9 Å². The van der Waals surface area contributed by atoms with Crippen LogP contribution in [-0.2, 0) is 15.6 Å². The number of hydrogen-bond donors (Lipinski definition) is 2. The van der Waals surface area contributed by atoms with E-state index in [2.05, 4.69) is 9.71 Å². The van der Waals surface area contributed by atoms with Crippen molar-refractivity contribution in [3.63, 3.8) is 0 Å². The number of furan rings is 1. The van der Waals surface area contributed by atoms with Crippen molar-refractivity contribution in [2.45, 2.75) is 37.4 Å². The second-order valence-corrected chi connectivity index (χ2v) is 8.21. The molecule has 2 heterocycles. The topological polar surface area (TPSA) is 97.4 Å². The lowest BCUT2D eigenvalue weighted by molar-refractivity contribution is 0.0411. The van der Waals surface area contributed by atoms with Gasteiger partial charge >= 0.3 is 0 Å². The number of nitrogens with zero attached hydrogens (tertiary/aromatic N) is 2. The summed E-state index contributed by atoms with van der Waals surface area (Å²) in [6.07, 6.45) is 2.93. The molecule has 0 aliphatic heterocycles. The highest BCUT2D eigenvalue weighted by molar-refractivity contribution is 7.89. The highest BCUT2D eigenvalue weighted by atomic mass is 32.2. The minimum atomic E-state index is -3.83. The number of fused-ring (bicyclic) bond motifs is 1. The molecule has 7 nitrogen and oxygen atoms in total. The van der Waals surface area contributed by atoms with Crippen LogP contribution >= 0.6 is 0 Å². The van der Waals surface area contributed by atoms with Crippen molar-refractivity contribution in [2.75, 3.05) is 6.54 Å². The molecule has 1 aromatic carbocycles. The maximum absolute atomic E-state index is 12.4. The van der Waals surface area contributed by atoms with Gasteiger partial charge in [0.2, 0.25) is 0 Å². The fourth-order valence-corrected chi connectivity index (χ4v) is 3.45. The molecule has 0 amide bonds. The molecule has 3 aromatic rings. The van der Waals surface area contributed by atoms with Crippen molar-refractivity contribution < 1.29 is 17.9 Å². The van der Waals surface area contributed by atoms with Gasteiger partial charge in [0.25, 0.3) is 10.0 Å². The summed E-state index contributed by atoms with van der Waals surface area (Å²) in [5, 5.41) is 11.4. The molecule has 0 radical (unpaired) electrons. The Kier molecular flexibility index (Phi) is 4.44. The Labute approximate surface area is 146 Å². The minimum Gasteiger partial charge on any atom is -0.458 e. The molecule has 2 aromatic heterocycles. The average molecular weight is 363 g/mol. The predicted molar refractivity (Wildman–Crippen MR) is 93.6 cm³/mol. The van der Waals surface area contributed by atoms with Crippen molar-refractivity contribution in [3.8, 4) is 0 Å². The molecule has 0 saturated heterocycles. The Bertz CT molecular complexity index is 953. The lowest BCUT2D eigenvalue weighted by Gasteiger charge is -2.20. The lowest BCUT2D eigenvalue weighted by atomic mass is 10.0. The maximum atomic E-state index is 12.4. The van der Waals surface area contributed by atoms with Crippen LogP contribution in [0.4, 0.5) is 0 Å². The van der Waals surface area contributed by atoms with E-state index < -0.39 is 15.6 Å². The van der Waals surface area contributed by atoms with Gasteiger partial charge in [-0.05, 0) is 32.9 Å². The zero-order valence-corrected chi connectivity index (χ0v) is 15.1. The van der Waals surface area contributed by atoms with Gasteiger partial charge in [-0.1, -0.05) is 18.2 Å². The molecule has 2 N–H and O–H groups in total. The third-order valence-corrected chi connectivity index (χ3v) is 5.30. The molecule has 8 heteroatoms. The first-order chi connectivity index (χ1) is 11.7. The molecule has 0 saturated carbocycles. The second kappa shape index (κ2) is 6.29. The summed E-state index contributed by atoms with van der Waals surface area (Å²) in [7, 11) is -3.83. The average Bonchev–Trinajstić information content (AvgIpc) is 3.20. The number of imidazole rings is 1. The van der Waals surface area contributed by atoms with Crippen LogP contribution < -0.4 is 4.72 Å². The Morgan fingerprint density at radius 2 is 2.08 bits per heavy atom. The fourth-order valence-electron chi connectivity index (χ4n) is 2.38. The van der Waals surface area contributed by atoms with E-state index in [-0.39, 0.29) is 17.6 Å². The van der Waals surface area contributed by atoms with E-state index in [1.807, 2.05) is 32.0 Å². The van der Waals surface area contributed by atoms with Crippen LogP contribution in [0, 0.1) is 0 Å². The first kappa shape index (κ1) is 17.7. The molecule has 0 fully saturated rings. The van der Waals surface area contributed by atoms with Gasteiger partial charge in [0.15, 0.2) is 5.03 Å². The Morgan fingerprint density at radius 3 is 2.72 bits per heavy atom. The number of rotatable bonds is 6. The van der Waals surface area contributed by atoms with Crippen LogP contribution in [0.25, 0.3) is 11.0 Å². The van der Waals surface area contributed by atoms with E-state index in [4.69, 9.17) is 4.42 Å². The molecular weight excluding hydrogens is 342 g/mol. The summed E-state index contributed by atoms with van der Waals surface area (Å²) in [5.41, 5.74) is -0.858. The molecule has 134 valence electrons. The lowest BCUT2D eigenvalue weighted by Crippen LogP contribution is -2.38. The smallest absolute Gasteiger partial charge is 0.259 e. The number of nitrogens with one attached hydrogen (secondary N) is 1. The summed E-state index contributed by atoms with van der Waals surface area (Å²) in [4.78, 5) is 3.92. The van der Waals surface area contributed by atoms with Gasteiger partial charge in [-0.3, -0.25) is 0 Å². The zero-order valence-electron chi connectivity index (χ0n) is 14.3. The highest BCUT2D eigenvalue weighted by Crippen LogP contribution is 2.27. The summed E-state index contributed by atoms with van der Waals surface area (Å²) < 4.78 is 34.5. The molecule has 1 atom stereocenters. The van der Waals surface area contributed by atoms with Crippen molar-refractivity contribution in [1.82, 2.24) is 14.3 Å². The van der Waals surface area contributed by atoms with Crippen molar-refractivity contribution in [1.29, 1.82) is 0 Å². The predicted octanol–water partition coefficient (Wildman–Crippen LogP) is 2.40. The van der Waals surface area contributed by atoms with E-state index in [9.17, 15) is 13.5 Å². The third-order valence-electron chi connectivity index (χ3n) is 4.01. The monoisotopic (exact) mass is 363 g/mol. The molecule has 0 aliphatic rings. The first-order valence-corrected chi connectivity index (χ1v) is 9.42. The van der Waals surface area contributed by atoms with Gasteiger partial charge in [0.05, 0.1) is 6.33 Å². The van der Waals surface area contributed by atoms with Gasteiger partial charge in [-0.2, -0.15) is 0 Å². The summed E-state index contributed by atoms with van der Waals surface area (Å²) >= 11 is 0. The number of benzene rings is 1. The molecular formula is C17H21N3O4S. The molecule has 3 rings (SSSR count). The summed E-state index contributed by atoms with van der Waals surface area (Å²) in [6, 6.07) is 9.16. The number of aromatic nitrogens is 2. The van der Waals surface area contributed by atoms with Crippen molar-refractivity contribution >= 4 is 21.0 Å². The van der Waals surface area contributed by atoms with Crippen molar-refractivity contribution in [3.05, 3.63) is 48.6 Å². The molecule has 0 spiro atoms. The first-order valence-electron chi connectivity index (χ1n) is 7.94. The summed E-state index contributed by atoms with van der Waals surface area (Å²) in [6.45, 7) is 5.12. The molecule has 25 heavy (non-hydrogen) atoms. The van der Waals surface area contributed by atoms with Gasteiger partial charge in [-0.25, -0.2) is 18.1 Å². The second-order valence-electron chi connectivity index (χ2n) is 6.50. The number of hydrogen-bond acceptors (Lipinski definition) is 5. The van der Waals surface area contributed by atoms with Crippen molar-refractivity contribution in [2.24, 2.45) is 0 Å². The number of para-hydroxylation sites is 1. The minimum absolute atomic E-state index is 0.0818. The van der Waals surface area contributed by atoms with Crippen LogP contribution in [0.1, 0.15) is 32.6 Å². The van der Waals surface area contributed by atoms with E-state index in [0.717, 1.165) is 5.39 Å². The van der Waals surface area contributed by atoms with Crippen LogP contribution in [-0.4, -0.2) is 29.6 Å². The normalized spacial score (nSPS) is 14.9. The molecule has 0 bridgehead atoms. The third kappa shape index (κ3) is 3.60. The van der Waals surface area contributed by atoms with Gasteiger partial charge in [-0.15, -0.1) is 0 Å². The Hall–Kier alpha value is -2.16. The van der Waals surface area contributed by atoms with E-state index in [0.29, 0.717) is 11.3 Å². The standard InChI is InChI=1S/C17H21N3O4S/c1-12(2)20-9-16(18-11-20)25(22,23)19-10-17(3,21)15-8-13-6-4-5-7-14(13)24-15/h4-9,11-12,19,21H,10H2,1-3H3. The van der Waals surface area contributed by atoms with Crippen LogP contribution in [0.3, 0.4) is 0 Å². The molecule has 0 aliphatic carbocycles. The zero-order chi connectivity index (χ0) is 18.2. The Morgan fingerprint density at radius 1 is 1.36 bits per heavy atom. The Balaban J connectivity index is 1.78. The SMILES string of the molecule is CC(C)n1cnc(S(=O)(=O)NCC(C)(O)c2cc3ccccc3o2)c1. The quantitative estimate of drug-likeness (QED) is 0.701. The molecule has 1 unspecified atom stereocenters. The highest BCUT2D eigenvalue weighted by Gasteiger charge is 2.30. The van der Waals surface area contributed by atoms with E-state index >= 15 is 0 Å². The van der Waals surface area contributed by atoms with Crippen LogP contribution in [0.5, 0.6) is 0 Å². The van der Waals surface area contributed by atoms with Crippen LogP contribution in [0.2, 0.25) is 0 Å². The summed E-state index contributed by atoms with van der Waals surface area (Å²) in [5.74, 6) is 0.295. The van der Waals surface area contributed by atoms with Gasteiger partial charge < -0.3 is 14.1 Å². The van der Waals surface area contributed by atoms with Gasteiger partial charge in [0, 0.05) is 24.2 Å². The maximum Gasteiger partial charge on any atom is 0.259 e.